The molecule has 0 amide bonds. The molecule has 0 aliphatic heterocycles. The largest absolute Gasteiger partial charge is 0.544 e. The van der Waals surface area contributed by atoms with E-state index in [1.807, 2.05) is 0 Å². The minimum Gasteiger partial charge on any atom is -0.544 e. The van der Waals surface area contributed by atoms with Gasteiger partial charge in [-0.2, -0.15) is 0 Å². The Bertz CT molecular complexity index is 854. The fourth-order valence-electron chi connectivity index (χ4n) is 6.29. The first-order chi connectivity index (χ1) is 24.6. The highest BCUT2D eigenvalue weighted by Crippen LogP contribution is 2.15. The lowest BCUT2D eigenvalue weighted by atomic mass is 10.0. The van der Waals surface area contributed by atoms with Gasteiger partial charge in [0.25, 0.3) is 0 Å². The number of unbranched alkanes of at least 4 members (excludes halogenated alkanes) is 22. The first-order valence-electron chi connectivity index (χ1n) is 21.2. The molecule has 0 N–H and O–H groups in total. The summed E-state index contributed by atoms with van der Waals surface area (Å²) in [4.78, 5) is 36.7. The van der Waals surface area contributed by atoms with Crippen molar-refractivity contribution in [3.63, 3.8) is 0 Å². The molecule has 2 unspecified atom stereocenters. The van der Waals surface area contributed by atoms with Crippen LogP contribution in [0.15, 0.2) is 12.2 Å². The van der Waals surface area contributed by atoms with Gasteiger partial charge >= 0.3 is 11.9 Å². The number of rotatable bonds is 38. The van der Waals surface area contributed by atoms with E-state index in [0.717, 1.165) is 51.4 Å². The van der Waals surface area contributed by atoms with E-state index in [9.17, 15) is 19.5 Å². The molecule has 0 saturated heterocycles. The maximum absolute atomic E-state index is 12.6. The second kappa shape index (κ2) is 35.1. The minimum atomic E-state index is -1.12. The van der Waals surface area contributed by atoms with Crippen LogP contribution in [-0.2, 0) is 28.6 Å². The SMILES string of the molecule is CCCC/C=C\CCCCCCCC(=O)OC(COCCC(C(=O)[O-])[N+](C)(C)C)COC(=O)CCCCCCCCCCCCCCCCCC. The van der Waals surface area contributed by atoms with E-state index < -0.39 is 18.1 Å². The number of carboxylic acid groups (broad SMARTS) is 1. The Kier molecular flexibility index (Phi) is 33.8. The fraction of sp³-hybridized carbons (Fsp3) is 0.884. The smallest absolute Gasteiger partial charge is 0.306 e. The van der Waals surface area contributed by atoms with Crippen molar-refractivity contribution in [3.8, 4) is 0 Å². The molecule has 8 nitrogen and oxygen atoms in total. The number of ether oxygens (including phenoxy) is 3. The van der Waals surface area contributed by atoms with E-state index in [1.165, 1.54) is 109 Å². The van der Waals surface area contributed by atoms with E-state index >= 15 is 0 Å². The quantitative estimate of drug-likeness (QED) is 0.0271. The molecule has 0 rings (SSSR count). The predicted octanol–water partition coefficient (Wildman–Crippen LogP) is 9.80. The van der Waals surface area contributed by atoms with Crippen LogP contribution in [0, 0.1) is 0 Å². The lowest BCUT2D eigenvalue weighted by Crippen LogP contribution is -2.55. The Morgan fingerprint density at radius 1 is 0.569 bits per heavy atom. The van der Waals surface area contributed by atoms with Crippen LogP contribution in [0.25, 0.3) is 0 Å². The van der Waals surface area contributed by atoms with Gasteiger partial charge in [0.15, 0.2) is 6.10 Å². The van der Waals surface area contributed by atoms with Gasteiger partial charge in [0.2, 0.25) is 0 Å². The van der Waals surface area contributed by atoms with Crippen LogP contribution < -0.4 is 5.11 Å². The topological polar surface area (TPSA) is 102 Å². The first kappa shape index (κ1) is 49.1. The molecule has 0 heterocycles. The Labute approximate surface area is 314 Å². The molecule has 0 spiro atoms. The zero-order valence-corrected chi connectivity index (χ0v) is 34.0. The summed E-state index contributed by atoms with van der Waals surface area (Å²) in [6.07, 6.45) is 35.2. The normalized spacial score (nSPS) is 13.0. The zero-order valence-electron chi connectivity index (χ0n) is 34.0. The summed E-state index contributed by atoms with van der Waals surface area (Å²) in [6, 6.07) is -0.722. The molecule has 51 heavy (non-hydrogen) atoms. The van der Waals surface area contributed by atoms with Gasteiger partial charge in [-0.05, 0) is 32.1 Å². The molecule has 0 bridgehead atoms. The molecule has 0 aliphatic rings. The van der Waals surface area contributed by atoms with E-state index in [2.05, 4.69) is 26.0 Å². The van der Waals surface area contributed by atoms with Crippen LogP contribution in [0.5, 0.6) is 0 Å². The number of aliphatic carboxylic acids is 1. The van der Waals surface area contributed by atoms with Gasteiger partial charge in [-0.1, -0.05) is 154 Å². The number of hydrogen-bond acceptors (Lipinski definition) is 7. The number of carbonyl (C=O) groups excluding carboxylic acids is 3. The Balaban J connectivity index is 4.31. The molecule has 0 aromatic heterocycles. The maximum Gasteiger partial charge on any atom is 0.306 e. The van der Waals surface area contributed by atoms with E-state index in [-0.39, 0.29) is 42.7 Å². The van der Waals surface area contributed by atoms with Crippen molar-refractivity contribution in [2.24, 2.45) is 0 Å². The van der Waals surface area contributed by atoms with Gasteiger partial charge in [0, 0.05) is 19.3 Å². The van der Waals surface area contributed by atoms with Crippen molar-refractivity contribution in [3.05, 3.63) is 12.2 Å². The second-order valence-corrected chi connectivity index (χ2v) is 15.6. The number of allylic oxidation sites excluding steroid dienone is 2. The number of likely N-dealkylation sites (N-methyl/N-ethyl adjacent to an activating group) is 1. The highest BCUT2D eigenvalue weighted by Gasteiger charge is 2.25. The van der Waals surface area contributed by atoms with Crippen molar-refractivity contribution in [2.75, 3.05) is 41.0 Å². The monoisotopic (exact) mass is 724 g/mol. The first-order valence-corrected chi connectivity index (χ1v) is 21.2. The van der Waals surface area contributed by atoms with Crippen molar-refractivity contribution in [1.82, 2.24) is 0 Å². The predicted molar refractivity (Wildman–Crippen MR) is 208 cm³/mol. The van der Waals surface area contributed by atoms with Gasteiger partial charge in [0.05, 0.1) is 40.3 Å². The summed E-state index contributed by atoms with van der Waals surface area (Å²) in [5, 5.41) is 11.6. The van der Waals surface area contributed by atoms with Crippen molar-refractivity contribution >= 4 is 17.9 Å². The molecule has 300 valence electrons. The van der Waals surface area contributed by atoms with Crippen molar-refractivity contribution in [2.45, 2.75) is 206 Å². The molecule has 2 atom stereocenters. The van der Waals surface area contributed by atoms with Gasteiger partial charge in [0.1, 0.15) is 12.6 Å². The van der Waals surface area contributed by atoms with E-state index in [1.54, 1.807) is 21.1 Å². The molecule has 8 heteroatoms. The lowest BCUT2D eigenvalue weighted by Gasteiger charge is -2.34. The Morgan fingerprint density at radius 3 is 1.47 bits per heavy atom. The van der Waals surface area contributed by atoms with E-state index in [4.69, 9.17) is 14.2 Å². The van der Waals surface area contributed by atoms with Crippen LogP contribution in [-0.4, -0.2) is 75.5 Å². The number of carbonyl (C=O) groups is 3. The molecule has 0 fully saturated rings. The Hall–Kier alpha value is -1.93. The van der Waals surface area contributed by atoms with Crippen LogP contribution in [0.2, 0.25) is 0 Å². The summed E-state index contributed by atoms with van der Waals surface area (Å²) in [7, 11) is 5.40. The fourth-order valence-corrected chi connectivity index (χ4v) is 6.29. The minimum absolute atomic E-state index is 0.0424. The molecule has 0 aliphatic carbocycles. The maximum atomic E-state index is 12.6. The van der Waals surface area contributed by atoms with Gasteiger partial charge < -0.3 is 28.6 Å². The number of esters is 2. The summed E-state index contributed by atoms with van der Waals surface area (Å²) in [5.74, 6) is -1.74. The third-order valence-corrected chi connectivity index (χ3v) is 9.65. The summed E-state index contributed by atoms with van der Waals surface area (Å²) in [5.41, 5.74) is 0. The summed E-state index contributed by atoms with van der Waals surface area (Å²) < 4.78 is 17.1. The van der Waals surface area contributed by atoms with E-state index in [0.29, 0.717) is 12.8 Å². The molecular weight excluding hydrogens is 642 g/mol. The number of quaternary nitrogens is 1. The van der Waals surface area contributed by atoms with Crippen LogP contribution in [0.4, 0.5) is 0 Å². The standard InChI is InChI=1S/C43H81NO7/c1-6-8-10-12-14-16-18-19-20-21-22-24-25-27-29-31-33-41(45)50-38-39(37-49-36-35-40(43(47)48)44(3,4)5)51-42(46)34-32-30-28-26-23-17-15-13-11-9-7-2/h13,15,39-40H,6-12,14,16-38H2,1-5H3/b15-13-. The lowest BCUT2D eigenvalue weighted by molar-refractivity contribution is -0.889. The molecule has 0 aromatic carbocycles. The zero-order chi connectivity index (χ0) is 37.8. The average molecular weight is 724 g/mol. The number of nitrogens with zero attached hydrogens (tertiary/aromatic N) is 1. The molecular formula is C43H81NO7. The third kappa shape index (κ3) is 33.6. The highest BCUT2D eigenvalue weighted by atomic mass is 16.6. The van der Waals surface area contributed by atoms with Gasteiger partial charge in [-0.3, -0.25) is 9.59 Å². The summed E-state index contributed by atoms with van der Waals surface area (Å²) in [6.45, 7) is 4.63. The highest BCUT2D eigenvalue weighted by molar-refractivity contribution is 5.70. The Morgan fingerprint density at radius 2 is 1.00 bits per heavy atom. The van der Waals surface area contributed by atoms with Crippen LogP contribution >= 0.6 is 0 Å². The number of hydrogen-bond donors (Lipinski definition) is 0. The molecule has 0 radical (unpaired) electrons. The van der Waals surface area contributed by atoms with Crippen LogP contribution in [0.1, 0.15) is 194 Å². The van der Waals surface area contributed by atoms with Gasteiger partial charge in [-0.25, -0.2) is 0 Å². The summed E-state index contributed by atoms with van der Waals surface area (Å²) >= 11 is 0. The van der Waals surface area contributed by atoms with Crippen molar-refractivity contribution < 1.29 is 38.2 Å². The second-order valence-electron chi connectivity index (χ2n) is 15.6. The molecule has 0 saturated carbocycles. The van der Waals surface area contributed by atoms with Crippen LogP contribution in [0.3, 0.4) is 0 Å². The van der Waals surface area contributed by atoms with Crippen molar-refractivity contribution in [1.29, 1.82) is 0 Å². The average Bonchev–Trinajstić information content (AvgIpc) is 3.08. The molecule has 0 aromatic rings. The third-order valence-electron chi connectivity index (χ3n) is 9.65. The number of carboxylic acids is 1. The van der Waals surface area contributed by atoms with Gasteiger partial charge in [-0.15, -0.1) is 0 Å².